The molecule has 28 aromatic rings. The number of aromatic amines is 2. The Bertz CT molecular complexity index is 8040. The molecule has 2 N–H and O–H groups in total. The van der Waals surface area contributed by atoms with Crippen molar-refractivity contribution in [2.24, 2.45) is 0 Å². The number of hydrogen-bond acceptors (Lipinski definition) is 22. The fourth-order valence-corrected chi connectivity index (χ4v) is 16.2. The fraction of sp³-hybridized carbons (Fsp3) is 0. The summed E-state index contributed by atoms with van der Waals surface area (Å²) in [4.78, 5) is 148. The van der Waals surface area contributed by atoms with Crippen LogP contribution in [0.1, 0.15) is 0 Å². The third-order valence-electron chi connectivity index (χ3n) is 22.4. The molecule has 20 heterocycles. The van der Waals surface area contributed by atoms with Crippen LogP contribution in [-0.4, -0.2) is 133 Å². The van der Waals surface area contributed by atoms with Gasteiger partial charge in [0, 0.05) is 114 Å². The molecule has 0 spiro atoms. The molecule has 0 aliphatic heterocycles. The Kier molecular flexibility index (Phi) is 24.5. The Hall–Kier alpha value is -17.4. The third kappa shape index (κ3) is 17.9. The average Bonchev–Trinajstić information content (AvgIpc) is 1.65. The molecule has 0 fully saturated rings. The molecule has 0 aliphatic carbocycles. The van der Waals surface area contributed by atoms with Gasteiger partial charge < -0.3 is 89.7 Å². The molecule has 8 aromatic carbocycles. The number of aromatic nitrogens is 32. The van der Waals surface area contributed by atoms with Gasteiger partial charge in [-0.05, 0) is 150 Å². The Morgan fingerprint density at radius 1 is 0.129 bits per heavy atom. The largest absolute Gasteiger partial charge is 2.00 e. The number of benzene rings is 8. The predicted molar refractivity (Wildman–Crippen MR) is 529 cm³/mol. The topological polar surface area (TPSA) is 425 Å². The molecule has 28 rings (SSSR count). The van der Waals surface area contributed by atoms with E-state index in [9.17, 15) is 0 Å². The zero-order valence-corrected chi connectivity index (χ0v) is 79.8. The van der Waals surface area contributed by atoms with Crippen molar-refractivity contribution in [3.8, 4) is 0 Å². The van der Waals surface area contributed by atoms with Crippen LogP contribution in [-0.2, 0) is 56.7 Å². The van der Waals surface area contributed by atoms with Crippen LogP contribution in [0.3, 0.4) is 0 Å². The third-order valence-corrected chi connectivity index (χ3v) is 22.4. The first-order valence-corrected chi connectivity index (χ1v) is 43.0. The van der Waals surface area contributed by atoms with Crippen LogP contribution in [0.25, 0.3) is 267 Å². The summed E-state index contributed by atoms with van der Waals surface area (Å²) < 4.78 is 0. The van der Waals surface area contributed by atoms with Gasteiger partial charge in [-0.15, -0.1) is 0 Å². The Morgan fingerprint density at radius 3 is 0.343 bits per heavy atom. The minimum Gasteiger partial charge on any atom is -0.357 e. The molecule has 20 aromatic heterocycles. The molecule has 140 heavy (non-hydrogen) atoms. The number of H-pyrrole nitrogens is 2. The maximum atomic E-state index is 4.78. The predicted octanol–water partition coefficient (Wildman–Crippen LogP) is 16.8. The van der Waals surface area contributed by atoms with Crippen molar-refractivity contribution in [3.05, 3.63) is 340 Å². The van der Waals surface area contributed by atoms with Crippen molar-refractivity contribution >= 4 is 290 Å². The summed E-state index contributed by atoms with van der Waals surface area (Å²) >= 11 is 0. The summed E-state index contributed by atoms with van der Waals surface area (Å²) in [7, 11) is 0. The van der Waals surface area contributed by atoms with Gasteiger partial charge in [-0.1, -0.05) is 250 Å². The van der Waals surface area contributed by atoms with E-state index in [1.807, 2.05) is 340 Å². The molecule has 0 aliphatic rings. The van der Waals surface area contributed by atoms with Gasteiger partial charge in [0.1, 0.15) is 0 Å². The summed E-state index contributed by atoms with van der Waals surface area (Å²) in [5, 5.41) is 14.4. The van der Waals surface area contributed by atoms with Crippen LogP contribution >= 0.6 is 0 Å². The summed E-state index contributed by atoms with van der Waals surface area (Å²) in [6.07, 6.45) is 0. The standard InChI is InChI=1S/4C26H14N8.Co.Mg.Pd.Zn/c4*1-2-8-16-15(7-1)23-29-19-11-5-13-21(27-19)31-25-17-9-3-4-10-18(17)26(34-25)32-22-14-6-12-20(28-22)30-24(16)33-23;;;;/h4*1-14H;;;;/q4*-2;4*+2/p+2. The van der Waals surface area contributed by atoms with Crippen molar-refractivity contribution in [2.75, 3.05) is 0 Å². The molecule has 655 valence electrons. The normalized spacial score (nSPS) is 11.2. The van der Waals surface area contributed by atoms with Crippen LogP contribution in [0.4, 0.5) is 0 Å². The van der Waals surface area contributed by atoms with E-state index < -0.39 is 0 Å². The minimum atomic E-state index is 0. The number of nitrogens with one attached hydrogen (secondary N) is 2. The van der Waals surface area contributed by atoms with Crippen LogP contribution in [0, 0.1) is 0 Å². The summed E-state index contributed by atoms with van der Waals surface area (Å²) in [5.41, 5.74) is 17.5. The van der Waals surface area contributed by atoms with Gasteiger partial charge in [0.2, 0.25) is 0 Å². The van der Waals surface area contributed by atoms with E-state index in [-0.39, 0.29) is 79.7 Å². The molecule has 32 nitrogen and oxygen atoms in total. The van der Waals surface area contributed by atoms with E-state index >= 15 is 0 Å². The van der Waals surface area contributed by atoms with Crippen molar-refractivity contribution in [3.63, 3.8) is 0 Å². The second-order valence-corrected chi connectivity index (χ2v) is 31.2. The molecular weight excluding hydrogens is 1950 g/mol. The quantitative estimate of drug-likeness (QED) is 0.127. The van der Waals surface area contributed by atoms with Gasteiger partial charge in [-0.2, -0.15) is 0 Å². The zero-order chi connectivity index (χ0) is 89.9. The van der Waals surface area contributed by atoms with E-state index in [0.717, 1.165) is 86.2 Å². The zero-order valence-electron chi connectivity index (χ0n) is 72.8. The second-order valence-electron chi connectivity index (χ2n) is 31.2. The molecule has 0 amide bonds. The molecule has 0 unspecified atom stereocenters. The monoisotopic (exact) mass is 2010 g/mol. The maximum Gasteiger partial charge on any atom is 2.00 e. The number of hydrogen-bond donors (Lipinski definition) is 0. The summed E-state index contributed by atoms with van der Waals surface area (Å²) in [5.74, 6) is 0. The number of nitrogens with zero attached hydrogens (tertiary/aromatic N) is 30. The molecule has 0 atom stereocenters. The smallest absolute Gasteiger partial charge is 0.357 e. The molecule has 32 bridgehead atoms. The van der Waals surface area contributed by atoms with Crippen molar-refractivity contribution in [1.82, 2.24) is 150 Å². The van der Waals surface area contributed by atoms with Crippen molar-refractivity contribution in [2.45, 2.75) is 0 Å². The Labute approximate surface area is 838 Å². The van der Waals surface area contributed by atoms with Crippen molar-refractivity contribution < 1.29 is 66.6 Å². The van der Waals surface area contributed by atoms with E-state index in [1.54, 1.807) is 0 Å². The minimum absolute atomic E-state index is 0. The fourth-order valence-electron chi connectivity index (χ4n) is 16.2. The van der Waals surface area contributed by atoms with E-state index in [4.69, 9.17) is 120 Å². The first kappa shape index (κ1) is 89.2. The van der Waals surface area contributed by atoms with E-state index in [1.165, 1.54) is 0 Å². The first-order valence-electron chi connectivity index (χ1n) is 43.0. The van der Waals surface area contributed by atoms with Crippen LogP contribution in [0.15, 0.2) is 340 Å². The van der Waals surface area contributed by atoms with Gasteiger partial charge in [0.15, 0.2) is 22.6 Å². The molecule has 1 radical (unpaired) electrons. The van der Waals surface area contributed by atoms with Gasteiger partial charge in [0.25, 0.3) is 22.6 Å². The molecule has 36 heteroatoms. The summed E-state index contributed by atoms with van der Waals surface area (Å²) in [6, 6.07) is 108. The van der Waals surface area contributed by atoms with E-state index in [0.29, 0.717) is 181 Å². The van der Waals surface area contributed by atoms with Gasteiger partial charge in [0.05, 0.1) is 67.8 Å². The molecular formula is C104H58CoMgN32PdZn+2. The maximum absolute atomic E-state index is 4.78. The molecule has 0 saturated carbocycles. The second kappa shape index (κ2) is 38.4. The van der Waals surface area contributed by atoms with Crippen LogP contribution in [0.2, 0.25) is 0 Å². The summed E-state index contributed by atoms with van der Waals surface area (Å²) in [6.45, 7) is 0. The van der Waals surface area contributed by atoms with Crippen molar-refractivity contribution in [1.29, 1.82) is 0 Å². The van der Waals surface area contributed by atoms with Crippen LogP contribution < -0.4 is 49.8 Å². The Balaban J connectivity index is 0.000000110. The number of rotatable bonds is 0. The van der Waals surface area contributed by atoms with Crippen LogP contribution in [0.5, 0.6) is 0 Å². The van der Waals surface area contributed by atoms with E-state index in [2.05, 4.69) is 39.9 Å². The Morgan fingerprint density at radius 2 is 0.229 bits per heavy atom. The SMILES string of the molecule is [Co+2].[Mg+2].[Pd+2].[Zn+2].c1cc2nc(c1)nc1[n-]c(nc3cccc(n3)nc3[n-]c(n2)c2ccccc32)c2ccccc12.c1cc2nc(c1)nc1[n-]c(nc3cccc(n3)nc3[n-]c(n2)c2ccccc32)c2ccccc12.c1cc2nc(c1)nc1[n-]c(nc3cccc(n3)nc3[n-]c(n2)c2ccccc32)c2ccccc12.c1cc2nc3[n-]c(nc4cccc(nc5[n-]c(nc(c1)[nH+]2)c1ccccc51)[nH+]4)c1ccccc31. The number of pyridine rings is 8. The first-order chi connectivity index (χ1) is 67.2. The average molecular weight is 2010 g/mol. The number of fused-ring (bicyclic) bond motifs is 56. The van der Waals surface area contributed by atoms with Gasteiger partial charge in [-0.3, -0.25) is 9.97 Å². The molecule has 0 saturated heterocycles. The van der Waals surface area contributed by atoms with Gasteiger partial charge >= 0.3 is 79.7 Å². The van der Waals surface area contributed by atoms with Gasteiger partial charge in [-0.25, -0.2) is 39.9 Å².